The van der Waals surface area contributed by atoms with Crippen LogP contribution in [0.15, 0.2) is 12.1 Å². The van der Waals surface area contributed by atoms with Gasteiger partial charge in [0.1, 0.15) is 6.04 Å². The summed E-state index contributed by atoms with van der Waals surface area (Å²) < 4.78 is 18.9. The van der Waals surface area contributed by atoms with Gasteiger partial charge in [-0.1, -0.05) is 0 Å². The lowest BCUT2D eigenvalue weighted by molar-refractivity contribution is -0.385. The van der Waals surface area contributed by atoms with Crippen molar-refractivity contribution in [2.24, 2.45) is 0 Å². The summed E-state index contributed by atoms with van der Waals surface area (Å²) in [6.45, 7) is 0.384. The number of nitro groups is 1. The molecule has 0 amide bonds. The van der Waals surface area contributed by atoms with E-state index in [1.807, 2.05) is 0 Å². The number of carbonyl (C=O) groups is 1. The van der Waals surface area contributed by atoms with Crippen LogP contribution >= 0.6 is 0 Å². The van der Waals surface area contributed by atoms with E-state index in [9.17, 15) is 19.3 Å². The molecule has 1 atom stereocenters. The Labute approximate surface area is 113 Å². The van der Waals surface area contributed by atoms with E-state index in [1.54, 1.807) is 0 Å². The first-order valence-electron chi connectivity index (χ1n) is 5.97. The summed E-state index contributed by atoms with van der Waals surface area (Å²) in [7, 11) is 1.24. The number of carboxylic acids is 1. The fraction of sp³-hybridized carbons (Fsp3) is 0.417. The molecule has 0 bridgehead atoms. The minimum absolute atomic E-state index is 0.0114. The number of nitro benzene ring substituents is 1. The molecule has 7 nitrogen and oxygen atoms in total. The zero-order valence-corrected chi connectivity index (χ0v) is 10.7. The minimum Gasteiger partial charge on any atom is -0.490 e. The maximum Gasteiger partial charge on any atom is 0.326 e. The van der Waals surface area contributed by atoms with Gasteiger partial charge in [-0.05, 0) is 12.8 Å². The van der Waals surface area contributed by atoms with E-state index in [4.69, 9.17) is 9.84 Å². The molecule has 0 saturated carbocycles. The van der Waals surface area contributed by atoms with Crippen molar-refractivity contribution in [3.8, 4) is 5.75 Å². The third-order valence-electron chi connectivity index (χ3n) is 3.29. The number of benzene rings is 1. The number of anilines is 1. The van der Waals surface area contributed by atoms with Gasteiger partial charge in [0.15, 0.2) is 11.6 Å². The van der Waals surface area contributed by atoms with Crippen LogP contribution in [0.2, 0.25) is 0 Å². The number of methoxy groups -OCH3 is 1. The van der Waals surface area contributed by atoms with Gasteiger partial charge in [0.25, 0.3) is 0 Å². The Kier molecular flexibility index (Phi) is 3.73. The SMILES string of the molecule is COc1cc(N2CCCC2C(=O)O)c(F)cc1[N+](=O)[O-]. The quantitative estimate of drug-likeness (QED) is 0.669. The molecular formula is C12H13FN2O5. The molecule has 2 rings (SSSR count). The molecule has 0 spiro atoms. The summed E-state index contributed by atoms with van der Waals surface area (Å²) >= 11 is 0. The van der Waals surface area contributed by atoms with Crippen molar-refractivity contribution in [3.05, 3.63) is 28.1 Å². The van der Waals surface area contributed by atoms with Gasteiger partial charge in [-0.3, -0.25) is 10.1 Å². The highest BCUT2D eigenvalue weighted by Gasteiger charge is 2.33. The molecule has 1 aromatic carbocycles. The van der Waals surface area contributed by atoms with Crippen LogP contribution in [0.1, 0.15) is 12.8 Å². The van der Waals surface area contributed by atoms with Crippen molar-refractivity contribution in [2.45, 2.75) is 18.9 Å². The second-order valence-corrected chi connectivity index (χ2v) is 4.42. The lowest BCUT2D eigenvalue weighted by Gasteiger charge is -2.24. The van der Waals surface area contributed by atoms with Crippen LogP contribution in [-0.2, 0) is 4.79 Å². The molecule has 0 aliphatic carbocycles. The predicted molar refractivity (Wildman–Crippen MR) is 67.6 cm³/mol. The van der Waals surface area contributed by atoms with Crippen molar-refractivity contribution in [2.75, 3.05) is 18.6 Å². The fourth-order valence-electron chi connectivity index (χ4n) is 2.37. The van der Waals surface area contributed by atoms with Crippen LogP contribution in [0, 0.1) is 15.9 Å². The molecule has 1 aromatic rings. The normalized spacial score (nSPS) is 18.1. The first kappa shape index (κ1) is 14.0. The number of hydrogen-bond acceptors (Lipinski definition) is 5. The summed E-state index contributed by atoms with van der Waals surface area (Å²) in [5.41, 5.74) is -0.475. The minimum atomic E-state index is -1.04. The molecule has 8 heteroatoms. The van der Waals surface area contributed by atoms with E-state index in [-0.39, 0.29) is 11.4 Å². The Morgan fingerprint density at radius 2 is 2.30 bits per heavy atom. The fourth-order valence-corrected chi connectivity index (χ4v) is 2.37. The van der Waals surface area contributed by atoms with E-state index >= 15 is 0 Å². The standard InChI is InChI=1S/C12H13FN2O5/c1-20-11-6-9(7(13)5-10(11)15(18)19)14-4-2-3-8(14)12(16)17/h5-6,8H,2-4H2,1H3,(H,16,17). The average molecular weight is 284 g/mol. The number of halogens is 1. The number of aliphatic carboxylic acids is 1. The summed E-state index contributed by atoms with van der Waals surface area (Å²) in [5.74, 6) is -1.97. The molecular weight excluding hydrogens is 271 g/mol. The molecule has 108 valence electrons. The highest BCUT2D eigenvalue weighted by Crippen LogP contribution is 2.36. The average Bonchev–Trinajstić information content (AvgIpc) is 2.87. The summed E-state index contributed by atoms with van der Waals surface area (Å²) in [4.78, 5) is 22.6. The molecule has 20 heavy (non-hydrogen) atoms. The van der Waals surface area contributed by atoms with Crippen LogP contribution in [0.25, 0.3) is 0 Å². The number of hydrogen-bond donors (Lipinski definition) is 1. The summed E-state index contributed by atoms with van der Waals surface area (Å²) in [5, 5.41) is 19.9. The van der Waals surface area contributed by atoms with Gasteiger partial charge in [0.05, 0.1) is 23.8 Å². The van der Waals surface area contributed by atoms with Gasteiger partial charge in [-0.25, -0.2) is 9.18 Å². The van der Waals surface area contributed by atoms with Gasteiger partial charge in [-0.15, -0.1) is 0 Å². The van der Waals surface area contributed by atoms with Crippen LogP contribution in [0.5, 0.6) is 5.75 Å². The zero-order chi connectivity index (χ0) is 14.9. The number of rotatable bonds is 4. The van der Waals surface area contributed by atoms with Gasteiger partial charge < -0.3 is 14.7 Å². The van der Waals surface area contributed by atoms with Gasteiger partial charge >= 0.3 is 11.7 Å². The Hall–Kier alpha value is -2.38. The van der Waals surface area contributed by atoms with Crippen molar-refractivity contribution in [1.82, 2.24) is 0 Å². The van der Waals surface area contributed by atoms with Crippen molar-refractivity contribution < 1.29 is 24.0 Å². The highest BCUT2D eigenvalue weighted by atomic mass is 19.1. The Bertz CT molecular complexity index is 563. The molecule has 1 aliphatic rings. The lowest BCUT2D eigenvalue weighted by atomic mass is 10.2. The second-order valence-electron chi connectivity index (χ2n) is 4.42. The van der Waals surface area contributed by atoms with E-state index in [0.717, 1.165) is 6.07 Å². The molecule has 1 fully saturated rings. The third kappa shape index (κ3) is 2.36. The van der Waals surface area contributed by atoms with E-state index < -0.39 is 28.4 Å². The Morgan fingerprint density at radius 1 is 1.60 bits per heavy atom. The van der Waals surface area contributed by atoms with Gasteiger partial charge in [0.2, 0.25) is 0 Å². The number of ether oxygens (including phenoxy) is 1. The first-order chi connectivity index (χ1) is 9.45. The maximum absolute atomic E-state index is 14.0. The van der Waals surface area contributed by atoms with Crippen LogP contribution < -0.4 is 9.64 Å². The monoisotopic (exact) mass is 284 g/mol. The second kappa shape index (κ2) is 5.32. The smallest absolute Gasteiger partial charge is 0.326 e. The van der Waals surface area contributed by atoms with E-state index in [0.29, 0.717) is 19.4 Å². The first-order valence-corrected chi connectivity index (χ1v) is 5.97. The maximum atomic E-state index is 14.0. The Balaban J connectivity index is 2.47. The molecule has 1 unspecified atom stereocenters. The summed E-state index contributed by atoms with van der Waals surface area (Å²) in [6, 6.07) is 1.11. The summed E-state index contributed by atoms with van der Waals surface area (Å²) in [6.07, 6.45) is 1.03. The zero-order valence-electron chi connectivity index (χ0n) is 10.7. The molecule has 1 saturated heterocycles. The largest absolute Gasteiger partial charge is 0.490 e. The molecule has 1 heterocycles. The van der Waals surface area contributed by atoms with Crippen molar-refractivity contribution in [3.63, 3.8) is 0 Å². The van der Waals surface area contributed by atoms with Gasteiger partial charge in [0, 0.05) is 12.6 Å². The van der Waals surface area contributed by atoms with Crippen molar-refractivity contribution >= 4 is 17.3 Å². The molecule has 0 aromatic heterocycles. The Morgan fingerprint density at radius 3 is 2.85 bits per heavy atom. The third-order valence-corrected chi connectivity index (χ3v) is 3.29. The van der Waals surface area contributed by atoms with E-state index in [2.05, 4.69) is 0 Å². The lowest BCUT2D eigenvalue weighted by Crippen LogP contribution is -2.36. The van der Waals surface area contributed by atoms with Crippen molar-refractivity contribution in [1.29, 1.82) is 0 Å². The molecule has 1 N–H and O–H groups in total. The van der Waals surface area contributed by atoms with Crippen LogP contribution in [0.3, 0.4) is 0 Å². The highest BCUT2D eigenvalue weighted by molar-refractivity contribution is 5.79. The molecule has 0 radical (unpaired) electrons. The number of carboxylic acid groups (broad SMARTS) is 1. The molecule has 1 aliphatic heterocycles. The number of nitrogens with zero attached hydrogens (tertiary/aromatic N) is 2. The van der Waals surface area contributed by atoms with Crippen LogP contribution in [-0.4, -0.2) is 35.7 Å². The van der Waals surface area contributed by atoms with Gasteiger partial charge in [-0.2, -0.15) is 0 Å². The topological polar surface area (TPSA) is 92.9 Å². The van der Waals surface area contributed by atoms with E-state index in [1.165, 1.54) is 18.1 Å². The predicted octanol–water partition coefficient (Wildman–Crippen LogP) is 1.80. The van der Waals surface area contributed by atoms with Crippen LogP contribution in [0.4, 0.5) is 15.8 Å².